The van der Waals surface area contributed by atoms with Gasteiger partial charge in [-0.05, 0) is 32.0 Å². The van der Waals surface area contributed by atoms with E-state index in [1.165, 1.54) is 11.8 Å². The van der Waals surface area contributed by atoms with E-state index in [0.29, 0.717) is 24.0 Å². The van der Waals surface area contributed by atoms with Gasteiger partial charge in [0.05, 0.1) is 18.6 Å². The molecule has 3 aromatic heterocycles. The van der Waals surface area contributed by atoms with Crippen molar-refractivity contribution < 1.29 is 9.21 Å². The molecule has 0 spiro atoms. The van der Waals surface area contributed by atoms with E-state index >= 15 is 0 Å². The van der Waals surface area contributed by atoms with Crippen LogP contribution >= 0.6 is 11.8 Å². The first-order chi connectivity index (χ1) is 12.1. The number of hydrogen-bond donors (Lipinski definition) is 0. The van der Waals surface area contributed by atoms with Crippen LogP contribution in [0.5, 0.6) is 0 Å². The molecule has 0 bridgehead atoms. The van der Waals surface area contributed by atoms with E-state index in [2.05, 4.69) is 21.3 Å². The average Bonchev–Trinajstić information content (AvgIpc) is 3.31. The van der Waals surface area contributed by atoms with Gasteiger partial charge in [-0.3, -0.25) is 4.79 Å². The molecule has 130 valence electrons. The predicted molar refractivity (Wildman–Crippen MR) is 97.0 cm³/mol. The molecule has 0 atom stereocenters. The van der Waals surface area contributed by atoms with Crippen LogP contribution < -0.4 is 0 Å². The van der Waals surface area contributed by atoms with Crippen LogP contribution in [0.4, 0.5) is 0 Å². The number of furan rings is 1. The summed E-state index contributed by atoms with van der Waals surface area (Å²) in [6, 6.07) is 5.68. The molecule has 0 N–H and O–H groups in total. The Kier molecular flexibility index (Phi) is 5.23. The van der Waals surface area contributed by atoms with E-state index in [4.69, 9.17) is 4.42 Å². The summed E-state index contributed by atoms with van der Waals surface area (Å²) >= 11 is 1.38. The van der Waals surface area contributed by atoms with Gasteiger partial charge in [0.1, 0.15) is 12.1 Å². The first kappa shape index (κ1) is 17.3. The van der Waals surface area contributed by atoms with Crippen LogP contribution in [0.1, 0.15) is 27.5 Å². The maximum atomic E-state index is 12.6. The Morgan fingerprint density at radius 2 is 2.28 bits per heavy atom. The molecule has 0 aliphatic heterocycles. The number of carbonyl (C=O) groups excluding carboxylic acids is 1. The Balaban J connectivity index is 1.68. The summed E-state index contributed by atoms with van der Waals surface area (Å²) in [6.45, 7) is 8.98. The number of allylic oxidation sites excluding steroid dienone is 1. The molecule has 0 amide bonds. The molecule has 0 fully saturated rings. The summed E-state index contributed by atoms with van der Waals surface area (Å²) in [4.78, 5) is 12.6. The van der Waals surface area contributed by atoms with Gasteiger partial charge in [-0.2, -0.15) is 0 Å². The standard InChI is InChI=1S/C18H20N4O2S/c1-4-7-22-13(2)9-16(14(22)3)17(23)11-25-18-20-19-12-21(18)10-15-6-5-8-24-15/h4-6,8-9,12H,1,7,10-11H2,2-3H3. The van der Waals surface area contributed by atoms with Gasteiger partial charge in [-0.1, -0.05) is 17.8 Å². The van der Waals surface area contributed by atoms with Gasteiger partial charge in [0.15, 0.2) is 10.9 Å². The third kappa shape index (κ3) is 3.76. The molecule has 0 saturated heterocycles. The van der Waals surface area contributed by atoms with Gasteiger partial charge in [-0.25, -0.2) is 0 Å². The highest BCUT2D eigenvalue weighted by molar-refractivity contribution is 7.99. The van der Waals surface area contributed by atoms with Crippen molar-refractivity contribution in [3.63, 3.8) is 0 Å². The largest absolute Gasteiger partial charge is 0.467 e. The van der Waals surface area contributed by atoms with Gasteiger partial charge in [0.25, 0.3) is 0 Å². The number of nitrogens with zero attached hydrogens (tertiary/aromatic N) is 4. The van der Waals surface area contributed by atoms with Crippen LogP contribution in [0.25, 0.3) is 0 Å². The summed E-state index contributed by atoms with van der Waals surface area (Å²) in [7, 11) is 0. The van der Waals surface area contributed by atoms with E-state index in [1.54, 1.807) is 12.6 Å². The number of rotatable bonds is 8. The normalized spacial score (nSPS) is 11.0. The number of aromatic nitrogens is 4. The van der Waals surface area contributed by atoms with E-state index in [-0.39, 0.29) is 5.78 Å². The molecule has 0 aliphatic rings. The van der Waals surface area contributed by atoms with Crippen LogP contribution in [0, 0.1) is 13.8 Å². The fraction of sp³-hybridized carbons (Fsp3) is 0.278. The number of Topliss-reactive ketones (excluding diaryl/α,β-unsaturated/α-hetero) is 1. The molecule has 0 aliphatic carbocycles. The summed E-state index contributed by atoms with van der Waals surface area (Å²) in [5.41, 5.74) is 2.79. The van der Waals surface area contributed by atoms with E-state index in [9.17, 15) is 4.79 Å². The number of aryl methyl sites for hydroxylation is 1. The SMILES string of the molecule is C=CCn1c(C)cc(C(=O)CSc2nncn2Cc2ccco2)c1C. The van der Waals surface area contributed by atoms with Crippen LogP contribution in [0.3, 0.4) is 0 Å². The summed E-state index contributed by atoms with van der Waals surface area (Å²) in [6.07, 6.45) is 5.11. The second-order valence-corrected chi connectivity index (χ2v) is 6.66. The van der Waals surface area contributed by atoms with Crippen molar-refractivity contribution in [3.05, 3.63) is 66.2 Å². The smallest absolute Gasteiger partial charge is 0.191 e. The van der Waals surface area contributed by atoms with Gasteiger partial charge in [0.2, 0.25) is 0 Å². The summed E-state index contributed by atoms with van der Waals surface area (Å²) < 4.78 is 9.31. The fourth-order valence-electron chi connectivity index (χ4n) is 2.74. The van der Waals surface area contributed by atoms with Crippen LogP contribution in [0.2, 0.25) is 0 Å². The maximum Gasteiger partial charge on any atom is 0.191 e. The summed E-state index contributed by atoms with van der Waals surface area (Å²) in [5.74, 6) is 1.22. The van der Waals surface area contributed by atoms with Gasteiger partial charge >= 0.3 is 0 Å². The monoisotopic (exact) mass is 356 g/mol. The zero-order chi connectivity index (χ0) is 17.8. The molecule has 3 rings (SSSR count). The van der Waals surface area contributed by atoms with Crippen molar-refractivity contribution in [2.45, 2.75) is 32.1 Å². The molecule has 3 heterocycles. The van der Waals surface area contributed by atoms with Crippen molar-refractivity contribution in [1.29, 1.82) is 0 Å². The molecule has 7 heteroatoms. The molecule has 25 heavy (non-hydrogen) atoms. The molecule has 0 unspecified atom stereocenters. The van der Waals surface area contributed by atoms with Gasteiger partial charge in [0, 0.05) is 23.5 Å². The third-order valence-electron chi connectivity index (χ3n) is 4.00. The van der Waals surface area contributed by atoms with Crippen molar-refractivity contribution >= 4 is 17.5 Å². The van der Waals surface area contributed by atoms with E-state index in [1.807, 2.05) is 42.7 Å². The molecule has 6 nitrogen and oxygen atoms in total. The first-order valence-corrected chi connectivity index (χ1v) is 8.92. The van der Waals surface area contributed by atoms with Crippen molar-refractivity contribution in [2.24, 2.45) is 0 Å². The Hall–Kier alpha value is -2.54. The lowest BCUT2D eigenvalue weighted by atomic mass is 10.2. The van der Waals surface area contributed by atoms with Crippen LogP contribution in [0.15, 0.2) is 53.0 Å². The molecule has 0 radical (unpaired) electrons. The number of ketones is 1. The second kappa shape index (κ2) is 7.57. The zero-order valence-corrected chi connectivity index (χ0v) is 15.1. The molecular formula is C18H20N4O2S. The quantitative estimate of drug-likeness (QED) is 0.351. The lowest BCUT2D eigenvalue weighted by Crippen LogP contribution is -2.07. The Labute approximate surface area is 150 Å². The molecule has 3 aromatic rings. The number of thioether (sulfide) groups is 1. The van der Waals surface area contributed by atoms with Crippen molar-refractivity contribution in [2.75, 3.05) is 5.75 Å². The van der Waals surface area contributed by atoms with E-state index < -0.39 is 0 Å². The predicted octanol–water partition coefficient (Wildman–Crippen LogP) is 3.50. The number of carbonyl (C=O) groups is 1. The topological polar surface area (TPSA) is 65.8 Å². The lowest BCUT2D eigenvalue weighted by molar-refractivity contribution is 0.102. The first-order valence-electron chi connectivity index (χ1n) is 7.94. The molecule has 0 saturated carbocycles. The third-order valence-corrected chi connectivity index (χ3v) is 4.99. The van der Waals surface area contributed by atoms with Gasteiger partial charge in [-0.15, -0.1) is 16.8 Å². The van der Waals surface area contributed by atoms with E-state index in [0.717, 1.165) is 22.7 Å². The lowest BCUT2D eigenvalue weighted by Gasteiger charge is -2.06. The maximum absolute atomic E-state index is 12.6. The number of hydrogen-bond acceptors (Lipinski definition) is 5. The summed E-state index contributed by atoms with van der Waals surface area (Å²) in [5, 5.41) is 8.74. The minimum Gasteiger partial charge on any atom is -0.467 e. The van der Waals surface area contributed by atoms with Crippen molar-refractivity contribution in [3.8, 4) is 0 Å². The van der Waals surface area contributed by atoms with Crippen LogP contribution in [-0.4, -0.2) is 30.9 Å². The van der Waals surface area contributed by atoms with Crippen molar-refractivity contribution in [1.82, 2.24) is 19.3 Å². The minimum atomic E-state index is 0.0842. The highest BCUT2D eigenvalue weighted by atomic mass is 32.2. The molecule has 0 aromatic carbocycles. The Bertz CT molecular complexity index is 877. The zero-order valence-electron chi connectivity index (χ0n) is 14.3. The minimum absolute atomic E-state index is 0.0842. The Morgan fingerprint density at radius 3 is 3.00 bits per heavy atom. The average molecular weight is 356 g/mol. The molecular weight excluding hydrogens is 336 g/mol. The Morgan fingerprint density at radius 1 is 1.44 bits per heavy atom. The highest BCUT2D eigenvalue weighted by Gasteiger charge is 2.17. The second-order valence-electron chi connectivity index (χ2n) is 5.72. The van der Waals surface area contributed by atoms with Gasteiger partial charge < -0.3 is 13.6 Å². The highest BCUT2D eigenvalue weighted by Crippen LogP contribution is 2.21. The van der Waals surface area contributed by atoms with Crippen LogP contribution in [-0.2, 0) is 13.1 Å². The fourth-order valence-corrected chi connectivity index (χ4v) is 3.53.